The minimum absolute atomic E-state index is 0.0807. The molecule has 1 atom stereocenters. The van der Waals surface area contributed by atoms with Crippen LogP contribution >= 0.6 is 0 Å². The number of nitrogens with zero attached hydrogens (tertiary/aromatic N) is 1. The van der Waals surface area contributed by atoms with Crippen LogP contribution in [-0.2, 0) is 9.59 Å². The highest BCUT2D eigenvalue weighted by atomic mass is 16.5. The van der Waals surface area contributed by atoms with Crippen LogP contribution in [-0.4, -0.2) is 32.0 Å². The molecule has 5 heteroatoms. The highest BCUT2D eigenvalue weighted by Gasteiger charge is 2.30. The van der Waals surface area contributed by atoms with Crippen LogP contribution in [0.2, 0.25) is 0 Å². The maximum atomic E-state index is 12.1. The number of nitrogens with one attached hydrogen (secondary N) is 1. The molecule has 0 radical (unpaired) electrons. The first-order chi connectivity index (χ1) is 10.6. The summed E-state index contributed by atoms with van der Waals surface area (Å²) in [5.41, 5.74) is 0.880. The molecule has 2 rings (SSSR count). The van der Waals surface area contributed by atoms with Crippen LogP contribution in [0.3, 0.4) is 0 Å². The van der Waals surface area contributed by atoms with Crippen molar-refractivity contribution in [2.24, 2.45) is 5.92 Å². The Kier molecular flexibility index (Phi) is 5.81. The normalized spacial score (nSPS) is 17.6. The number of hydrogen-bond donors (Lipinski definition) is 1. The minimum atomic E-state index is 0.0807. The first-order valence-electron chi connectivity index (χ1n) is 7.85. The Morgan fingerprint density at radius 1 is 1.36 bits per heavy atom. The fourth-order valence-electron chi connectivity index (χ4n) is 2.61. The van der Waals surface area contributed by atoms with Crippen LogP contribution in [0.25, 0.3) is 0 Å². The third-order valence-electron chi connectivity index (χ3n) is 3.93. The number of rotatable bonds is 7. The van der Waals surface area contributed by atoms with E-state index in [1.807, 2.05) is 24.3 Å². The Hall–Kier alpha value is -2.04. The monoisotopic (exact) mass is 304 g/mol. The van der Waals surface area contributed by atoms with Gasteiger partial charge in [0.05, 0.1) is 7.11 Å². The standard InChI is InChI=1S/C17H24N2O3/c1-3-4-5-16(20)18-11-13-10-17(21)19(12-13)14-6-8-15(22-2)9-7-14/h6-9,13H,3-5,10-12H2,1-2H3,(H,18,20)/t13-/m0/s1. The van der Waals surface area contributed by atoms with E-state index >= 15 is 0 Å². The van der Waals surface area contributed by atoms with Crippen molar-refractivity contribution in [1.29, 1.82) is 0 Å². The van der Waals surface area contributed by atoms with Gasteiger partial charge in [0.25, 0.3) is 0 Å². The molecule has 0 bridgehead atoms. The summed E-state index contributed by atoms with van der Waals surface area (Å²) in [5.74, 6) is 1.14. The van der Waals surface area contributed by atoms with Crippen LogP contribution in [0.5, 0.6) is 5.75 Å². The Labute approximate surface area is 131 Å². The predicted octanol–water partition coefficient (Wildman–Crippen LogP) is 2.35. The lowest BCUT2D eigenvalue weighted by molar-refractivity contribution is -0.121. The number of ether oxygens (including phenoxy) is 1. The van der Waals surface area contributed by atoms with Crippen LogP contribution in [0.4, 0.5) is 5.69 Å². The third kappa shape index (κ3) is 4.23. The summed E-state index contributed by atoms with van der Waals surface area (Å²) in [7, 11) is 1.62. The number of amides is 2. The van der Waals surface area contributed by atoms with Crippen LogP contribution in [0.15, 0.2) is 24.3 Å². The van der Waals surface area contributed by atoms with Gasteiger partial charge in [-0.2, -0.15) is 0 Å². The van der Waals surface area contributed by atoms with Crippen molar-refractivity contribution in [3.8, 4) is 5.75 Å². The summed E-state index contributed by atoms with van der Waals surface area (Å²) in [6.07, 6.45) is 2.98. The smallest absolute Gasteiger partial charge is 0.227 e. The fourth-order valence-corrected chi connectivity index (χ4v) is 2.61. The van der Waals surface area contributed by atoms with Gasteiger partial charge < -0.3 is 15.0 Å². The molecule has 1 fully saturated rings. The van der Waals surface area contributed by atoms with Crippen molar-refractivity contribution in [3.05, 3.63) is 24.3 Å². The number of unbranched alkanes of at least 4 members (excludes halogenated alkanes) is 1. The summed E-state index contributed by atoms with van der Waals surface area (Å²) < 4.78 is 5.13. The molecule has 5 nitrogen and oxygen atoms in total. The quantitative estimate of drug-likeness (QED) is 0.841. The summed E-state index contributed by atoms with van der Waals surface area (Å²) in [6, 6.07) is 7.48. The van der Waals surface area contributed by atoms with E-state index in [0.29, 0.717) is 25.9 Å². The topological polar surface area (TPSA) is 58.6 Å². The molecule has 1 N–H and O–H groups in total. The van der Waals surface area contributed by atoms with Gasteiger partial charge in [0.15, 0.2) is 0 Å². The van der Waals surface area contributed by atoms with E-state index in [-0.39, 0.29) is 17.7 Å². The number of hydrogen-bond acceptors (Lipinski definition) is 3. The maximum Gasteiger partial charge on any atom is 0.227 e. The molecule has 0 aromatic heterocycles. The molecular formula is C17H24N2O3. The van der Waals surface area contributed by atoms with E-state index in [0.717, 1.165) is 24.3 Å². The van der Waals surface area contributed by atoms with Crippen molar-refractivity contribution >= 4 is 17.5 Å². The summed E-state index contributed by atoms with van der Waals surface area (Å²) in [5, 5.41) is 2.93. The van der Waals surface area contributed by atoms with Crippen molar-refractivity contribution < 1.29 is 14.3 Å². The van der Waals surface area contributed by atoms with Gasteiger partial charge in [-0.1, -0.05) is 13.3 Å². The second-order valence-electron chi connectivity index (χ2n) is 5.68. The third-order valence-corrected chi connectivity index (χ3v) is 3.93. The van der Waals surface area contributed by atoms with Gasteiger partial charge in [-0.3, -0.25) is 9.59 Å². The Morgan fingerprint density at radius 3 is 2.73 bits per heavy atom. The number of benzene rings is 1. The Balaban J connectivity index is 1.86. The zero-order valence-electron chi connectivity index (χ0n) is 13.3. The van der Waals surface area contributed by atoms with E-state index in [2.05, 4.69) is 12.2 Å². The van der Waals surface area contributed by atoms with E-state index < -0.39 is 0 Å². The highest BCUT2D eigenvalue weighted by Crippen LogP contribution is 2.26. The highest BCUT2D eigenvalue weighted by molar-refractivity contribution is 5.95. The van der Waals surface area contributed by atoms with Gasteiger partial charge in [0.2, 0.25) is 11.8 Å². The molecule has 1 aliphatic heterocycles. The molecule has 1 aliphatic rings. The molecule has 120 valence electrons. The molecule has 0 saturated carbocycles. The minimum Gasteiger partial charge on any atom is -0.497 e. The lowest BCUT2D eigenvalue weighted by atomic mass is 10.1. The molecule has 0 aliphatic carbocycles. The van der Waals surface area contributed by atoms with E-state index in [4.69, 9.17) is 4.74 Å². The van der Waals surface area contributed by atoms with Crippen molar-refractivity contribution in [2.45, 2.75) is 32.6 Å². The molecule has 0 unspecified atom stereocenters. The molecule has 1 aromatic carbocycles. The van der Waals surface area contributed by atoms with Gasteiger partial charge in [0.1, 0.15) is 5.75 Å². The summed E-state index contributed by atoms with van der Waals surface area (Å²) >= 11 is 0. The molecule has 2 amide bonds. The largest absolute Gasteiger partial charge is 0.497 e. The van der Waals surface area contributed by atoms with Crippen LogP contribution in [0.1, 0.15) is 32.6 Å². The second-order valence-corrected chi connectivity index (χ2v) is 5.68. The molecule has 22 heavy (non-hydrogen) atoms. The van der Waals surface area contributed by atoms with Crippen LogP contribution in [0, 0.1) is 5.92 Å². The Morgan fingerprint density at radius 2 is 2.09 bits per heavy atom. The lowest BCUT2D eigenvalue weighted by Gasteiger charge is -2.17. The molecule has 1 heterocycles. The van der Waals surface area contributed by atoms with E-state index in [9.17, 15) is 9.59 Å². The summed E-state index contributed by atoms with van der Waals surface area (Å²) in [6.45, 7) is 3.29. The van der Waals surface area contributed by atoms with Crippen molar-refractivity contribution in [3.63, 3.8) is 0 Å². The van der Waals surface area contributed by atoms with Crippen molar-refractivity contribution in [2.75, 3.05) is 25.1 Å². The SMILES string of the molecule is CCCCC(=O)NC[C@@H]1CC(=O)N(c2ccc(OC)cc2)C1. The van der Waals surface area contributed by atoms with Gasteiger partial charge in [-0.25, -0.2) is 0 Å². The van der Waals surface area contributed by atoms with Gasteiger partial charge in [-0.05, 0) is 30.7 Å². The van der Waals surface area contributed by atoms with Crippen molar-refractivity contribution in [1.82, 2.24) is 5.32 Å². The van der Waals surface area contributed by atoms with E-state index in [1.165, 1.54) is 0 Å². The van der Waals surface area contributed by atoms with Gasteiger partial charge in [0, 0.05) is 37.5 Å². The molecule has 0 spiro atoms. The zero-order chi connectivity index (χ0) is 15.9. The molecule has 1 saturated heterocycles. The van der Waals surface area contributed by atoms with E-state index in [1.54, 1.807) is 12.0 Å². The average Bonchev–Trinajstić information content (AvgIpc) is 2.92. The van der Waals surface area contributed by atoms with Gasteiger partial charge >= 0.3 is 0 Å². The Bertz CT molecular complexity index is 513. The van der Waals surface area contributed by atoms with Crippen LogP contribution < -0.4 is 15.0 Å². The fraction of sp³-hybridized carbons (Fsp3) is 0.529. The number of methoxy groups -OCH3 is 1. The predicted molar refractivity (Wildman–Crippen MR) is 86.0 cm³/mol. The average molecular weight is 304 g/mol. The summed E-state index contributed by atoms with van der Waals surface area (Å²) in [4.78, 5) is 25.6. The number of anilines is 1. The zero-order valence-corrected chi connectivity index (χ0v) is 13.3. The first kappa shape index (κ1) is 16.3. The molecular weight excluding hydrogens is 280 g/mol. The van der Waals surface area contributed by atoms with Gasteiger partial charge in [-0.15, -0.1) is 0 Å². The second kappa shape index (κ2) is 7.82. The maximum absolute atomic E-state index is 12.1. The number of carbonyl (C=O) groups is 2. The lowest BCUT2D eigenvalue weighted by Crippen LogP contribution is -2.31. The molecule has 1 aromatic rings. The number of carbonyl (C=O) groups excluding carboxylic acids is 2. The first-order valence-corrected chi connectivity index (χ1v) is 7.85.